The van der Waals surface area contributed by atoms with Gasteiger partial charge in [-0.3, -0.25) is 9.59 Å². The first kappa shape index (κ1) is 16.0. The summed E-state index contributed by atoms with van der Waals surface area (Å²) in [7, 11) is 1.68. The Morgan fingerprint density at radius 2 is 1.85 bits per heavy atom. The number of hydrogen-bond acceptors (Lipinski definition) is 3. The number of carbonyl (C=O) groups excluding carboxylic acids is 1. The predicted molar refractivity (Wildman–Crippen MR) is 75.8 cm³/mol. The Labute approximate surface area is 119 Å². The number of amides is 1. The Hall–Kier alpha value is -2.04. The van der Waals surface area contributed by atoms with Crippen LogP contribution in [0.3, 0.4) is 0 Å². The van der Waals surface area contributed by atoms with E-state index in [1.54, 1.807) is 11.9 Å². The van der Waals surface area contributed by atoms with Crippen LogP contribution in [0.2, 0.25) is 0 Å². The number of carbonyl (C=O) groups is 2. The molecule has 1 aromatic rings. The molecule has 0 radical (unpaired) electrons. The van der Waals surface area contributed by atoms with Gasteiger partial charge in [0.2, 0.25) is 5.91 Å². The van der Waals surface area contributed by atoms with Gasteiger partial charge in [0, 0.05) is 20.0 Å². The van der Waals surface area contributed by atoms with E-state index in [1.807, 2.05) is 31.2 Å². The first-order valence-corrected chi connectivity index (χ1v) is 6.64. The second-order valence-corrected chi connectivity index (χ2v) is 4.72. The molecule has 0 saturated heterocycles. The number of carboxylic acid groups (broad SMARTS) is 1. The molecule has 0 fully saturated rings. The van der Waals surface area contributed by atoms with Crippen LogP contribution in [-0.4, -0.2) is 42.1 Å². The third kappa shape index (κ3) is 6.22. The highest BCUT2D eigenvalue weighted by Crippen LogP contribution is 2.11. The number of hydrogen-bond donors (Lipinski definition) is 1. The van der Waals surface area contributed by atoms with Crippen molar-refractivity contribution in [2.45, 2.75) is 26.2 Å². The lowest BCUT2D eigenvalue weighted by molar-refractivity contribution is -0.138. The van der Waals surface area contributed by atoms with Crippen molar-refractivity contribution in [3.63, 3.8) is 0 Å². The van der Waals surface area contributed by atoms with Gasteiger partial charge >= 0.3 is 5.97 Å². The average Bonchev–Trinajstić information content (AvgIpc) is 2.40. The van der Waals surface area contributed by atoms with Crippen LogP contribution in [0.25, 0.3) is 0 Å². The first-order chi connectivity index (χ1) is 9.49. The second-order valence-electron chi connectivity index (χ2n) is 4.72. The van der Waals surface area contributed by atoms with Crippen LogP contribution < -0.4 is 4.74 Å². The van der Waals surface area contributed by atoms with Gasteiger partial charge in [-0.1, -0.05) is 17.7 Å². The minimum Gasteiger partial charge on any atom is -0.493 e. The van der Waals surface area contributed by atoms with Gasteiger partial charge in [-0.25, -0.2) is 0 Å². The third-order valence-electron chi connectivity index (χ3n) is 2.92. The number of aryl methyl sites for hydroxylation is 1. The number of carboxylic acids is 1. The zero-order valence-electron chi connectivity index (χ0n) is 12.0. The number of ether oxygens (including phenoxy) is 1. The summed E-state index contributed by atoms with van der Waals surface area (Å²) in [6, 6.07) is 7.65. The SMILES string of the molecule is Cc1ccc(OCCC(=O)N(C)CCCC(=O)O)cc1. The summed E-state index contributed by atoms with van der Waals surface area (Å²) in [4.78, 5) is 23.7. The molecule has 0 unspecified atom stereocenters. The van der Waals surface area contributed by atoms with Crippen molar-refractivity contribution in [3.8, 4) is 5.75 Å². The van der Waals surface area contributed by atoms with Crippen LogP contribution >= 0.6 is 0 Å². The molecule has 0 aliphatic rings. The molecule has 5 heteroatoms. The second kappa shape index (κ2) is 8.19. The molecule has 0 heterocycles. The van der Waals surface area contributed by atoms with E-state index >= 15 is 0 Å². The molecule has 1 N–H and O–H groups in total. The largest absolute Gasteiger partial charge is 0.493 e. The van der Waals surface area contributed by atoms with Crippen molar-refractivity contribution in [1.82, 2.24) is 4.90 Å². The van der Waals surface area contributed by atoms with Gasteiger partial charge in [-0.2, -0.15) is 0 Å². The van der Waals surface area contributed by atoms with Crippen molar-refractivity contribution in [2.24, 2.45) is 0 Å². The normalized spacial score (nSPS) is 10.1. The minimum absolute atomic E-state index is 0.0394. The van der Waals surface area contributed by atoms with Crippen LogP contribution in [0, 0.1) is 6.92 Å². The van der Waals surface area contributed by atoms with Crippen molar-refractivity contribution in [3.05, 3.63) is 29.8 Å². The lowest BCUT2D eigenvalue weighted by Crippen LogP contribution is -2.29. The lowest BCUT2D eigenvalue weighted by atomic mass is 10.2. The van der Waals surface area contributed by atoms with E-state index in [0.717, 1.165) is 11.3 Å². The lowest BCUT2D eigenvalue weighted by Gasteiger charge is -2.16. The Morgan fingerprint density at radius 3 is 2.45 bits per heavy atom. The number of benzene rings is 1. The zero-order valence-corrected chi connectivity index (χ0v) is 12.0. The summed E-state index contributed by atoms with van der Waals surface area (Å²) in [6.07, 6.45) is 0.839. The number of nitrogens with zero attached hydrogens (tertiary/aromatic N) is 1. The fourth-order valence-corrected chi connectivity index (χ4v) is 1.67. The molecule has 0 aliphatic heterocycles. The minimum atomic E-state index is -0.839. The summed E-state index contributed by atoms with van der Waals surface area (Å²) in [5.74, 6) is -0.131. The van der Waals surface area contributed by atoms with E-state index in [4.69, 9.17) is 9.84 Å². The highest BCUT2D eigenvalue weighted by molar-refractivity contribution is 5.76. The third-order valence-corrected chi connectivity index (χ3v) is 2.92. The van der Waals surface area contributed by atoms with Crippen LogP contribution in [0.4, 0.5) is 0 Å². The van der Waals surface area contributed by atoms with Crippen molar-refractivity contribution < 1.29 is 19.4 Å². The van der Waals surface area contributed by atoms with E-state index in [2.05, 4.69) is 0 Å². The Morgan fingerprint density at radius 1 is 1.20 bits per heavy atom. The average molecular weight is 279 g/mol. The maximum absolute atomic E-state index is 11.8. The van der Waals surface area contributed by atoms with Crippen LogP contribution in [-0.2, 0) is 9.59 Å². The van der Waals surface area contributed by atoms with E-state index in [1.165, 1.54) is 0 Å². The highest BCUT2D eigenvalue weighted by Gasteiger charge is 2.09. The molecule has 110 valence electrons. The maximum Gasteiger partial charge on any atom is 0.303 e. The summed E-state index contributed by atoms with van der Waals surface area (Å²) < 4.78 is 5.48. The Balaban J connectivity index is 2.21. The standard InChI is InChI=1S/C15H21NO4/c1-12-5-7-13(8-6-12)20-11-9-14(17)16(2)10-3-4-15(18)19/h5-8H,3-4,9-11H2,1-2H3,(H,18,19). The molecule has 0 atom stereocenters. The van der Waals surface area contributed by atoms with Crippen LogP contribution in [0.5, 0.6) is 5.75 Å². The van der Waals surface area contributed by atoms with E-state index in [0.29, 0.717) is 19.6 Å². The Bertz CT molecular complexity index is 442. The molecule has 5 nitrogen and oxygen atoms in total. The van der Waals surface area contributed by atoms with Crippen molar-refractivity contribution >= 4 is 11.9 Å². The summed E-state index contributed by atoms with van der Waals surface area (Å²) in [5, 5.41) is 8.53. The van der Waals surface area contributed by atoms with Gasteiger partial charge in [-0.15, -0.1) is 0 Å². The van der Waals surface area contributed by atoms with Gasteiger partial charge in [-0.05, 0) is 25.5 Å². The maximum atomic E-state index is 11.8. The van der Waals surface area contributed by atoms with E-state index in [-0.39, 0.29) is 18.7 Å². The summed E-state index contributed by atoms with van der Waals surface area (Å²) in [6.45, 7) is 2.78. The van der Waals surface area contributed by atoms with Gasteiger partial charge < -0.3 is 14.7 Å². The number of aliphatic carboxylic acids is 1. The molecule has 1 rings (SSSR count). The first-order valence-electron chi connectivity index (χ1n) is 6.64. The molecule has 0 saturated carbocycles. The monoisotopic (exact) mass is 279 g/mol. The predicted octanol–water partition coefficient (Wildman–Crippen LogP) is 2.09. The molecule has 0 spiro atoms. The fourth-order valence-electron chi connectivity index (χ4n) is 1.67. The zero-order chi connectivity index (χ0) is 15.0. The molecule has 0 aliphatic carbocycles. The van der Waals surface area contributed by atoms with Gasteiger partial charge in [0.25, 0.3) is 0 Å². The molecule has 20 heavy (non-hydrogen) atoms. The number of rotatable bonds is 8. The van der Waals surface area contributed by atoms with Gasteiger partial charge in [0.1, 0.15) is 5.75 Å². The molecule has 1 amide bonds. The smallest absolute Gasteiger partial charge is 0.303 e. The molecular formula is C15H21NO4. The van der Waals surface area contributed by atoms with Crippen molar-refractivity contribution in [2.75, 3.05) is 20.2 Å². The summed E-state index contributed by atoms with van der Waals surface area (Å²) in [5.41, 5.74) is 1.16. The van der Waals surface area contributed by atoms with E-state index in [9.17, 15) is 9.59 Å². The van der Waals surface area contributed by atoms with Crippen LogP contribution in [0.1, 0.15) is 24.8 Å². The van der Waals surface area contributed by atoms with Gasteiger partial charge in [0.05, 0.1) is 13.0 Å². The summed E-state index contributed by atoms with van der Waals surface area (Å²) >= 11 is 0. The Kier molecular flexibility index (Phi) is 6.56. The fraction of sp³-hybridized carbons (Fsp3) is 0.467. The highest BCUT2D eigenvalue weighted by atomic mass is 16.5. The quantitative estimate of drug-likeness (QED) is 0.791. The molecule has 1 aromatic carbocycles. The molecule has 0 aromatic heterocycles. The molecule has 0 bridgehead atoms. The van der Waals surface area contributed by atoms with Crippen LogP contribution in [0.15, 0.2) is 24.3 Å². The topological polar surface area (TPSA) is 66.8 Å². The van der Waals surface area contributed by atoms with Crippen molar-refractivity contribution in [1.29, 1.82) is 0 Å². The van der Waals surface area contributed by atoms with Gasteiger partial charge in [0.15, 0.2) is 0 Å². The van der Waals surface area contributed by atoms with E-state index < -0.39 is 5.97 Å². The molecular weight excluding hydrogens is 258 g/mol.